The van der Waals surface area contributed by atoms with E-state index in [1.807, 2.05) is 0 Å². The fraction of sp³-hybridized carbons (Fsp3) is 1.00. The molecule has 2 heteroatoms. The Balaban J connectivity index is 2.46. The third-order valence-electron chi connectivity index (χ3n) is 3.33. The molecule has 78 valence electrons. The average molecular weight is 184 g/mol. The second kappa shape index (κ2) is 5.61. The monoisotopic (exact) mass is 184 g/mol. The maximum absolute atomic E-state index is 5.63. The van der Waals surface area contributed by atoms with Gasteiger partial charge in [-0.25, -0.2) is 0 Å². The standard InChI is InChI=1S/C11H24N2/c1-3-10-6-5-9-13(10)11(4-2)7-8-12/h10-11H,3-9,12H2,1-2H3. The summed E-state index contributed by atoms with van der Waals surface area (Å²) in [6, 6.07) is 1.59. The van der Waals surface area contributed by atoms with Crippen molar-refractivity contribution in [3.63, 3.8) is 0 Å². The Labute approximate surface area is 82.5 Å². The predicted octanol–water partition coefficient (Wildman–Crippen LogP) is 1.99. The average Bonchev–Trinajstić information content (AvgIpc) is 2.61. The van der Waals surface area contributed by atoms with Crippen LogP contribution in [0.15, 0.2) is 0 Å². The molecule has 0 aromatic heterocycles. The molecule has 0 spiro atoms. The molecule has 1 saturated heterocycles. The van der Waals surface area contributed by atoms with E-state index in [0.29, 0.717) is 0 Å². The second-order valence-corrected chi connectivity index (χ2v) is 4.08. The van der Waals surface area contributed by atoms with Crippen LogP contribution in [-0.2, 0) is 0 Å². The van der Waals surface area contributed by atoms with Gasteiger partial charge in [0.05, 0.1) is 0 Å². The van der Waals surface area contributed by atoms with Gasteiger partial charge in [0.25, 0.3) is 0 Å². The first kappa shape index (κ1) is 11.0. The molecule has 1 rings (SSSR count). The maximum Gasteiger partial charge on any atom is 0.0108 e. The van der Waals surface area contributed by atoms with Gasteiger partial charge in [0, 0.05) is 12.1 Å². The van der Waals surface area contributed by atoms with Gasteiger partial charge in [0.2, 0.25) is 0 Å². The van der Waals surface area contributed by atoms with Gasteiger partial charge in [-0.15, -0.1) is 0 Å². The molecule has 0 aromatic rings. The minimum Gasteiger partial charge on any atom is -0.330 e. The molecule has 0 bridgehead atoms. The van der Waals surface area contributed by atoms with Gasteiger partial charge in [-0.2, -0.15) is 0 Å². The molecule has 2 N–H and O–H groups in total. The number of likely N-dealkylation sites (tertiary alicyclic amines) is 1. The fourth-order valence-corrected chi connectivity index (χ4v) is 2.57. The fourth-order valence-electron chi connectivity index (χ4n) is 2.57. The quantitative estimate of drug-likeness (QED) is 0.708. The lowest BCUT2D eigenvalue weighted by Gasteiger charge is -2.31. The minimum atomic E-state index is 0.748. The smallest absolute Gasteiger partial charge is 0.0108 e. The van der Waals surface area contributed by atoms with E-state index in [0.717, 1.165) is 18.6 Å². The van der Waals surface area contributed by atoms with Crippen LogP contribution in [0.4, 0.5) is 0 Å². The summed E-state index contributed by atoms with van der Waals surface area (Å²) in [5, 5.41) is 0. The summed E-state index contributed by atoms with van der Waals surface area (Å²) in [7, 11) is 0. The summed E-state index contributed by atoms with van der Waals surface area (Å²) in [5.74, 6) is 0. The molecule has 0 aliphatic carbocycles. The van der Waals surface area contributed by atoms with Gasteiger partial charge in [-0.05, 0) is 45.2 Å². The Kier molecular flexibility index (Phi) is 4.74. The first-order valence-electron chi connectivity index (χ1n) is 5.79. The van der Waals surface area contributed by atoms with E-state index in [-0.39, 0.29) is 0 Å². The van der Waals surface area contributed by atoms with Crippen LogP contribution in [0.1, 0.15) is 46.0 Å². The van der Waals surface area contributed by atoms with E-state index in [1.54, 1.807) is 0 Å². The van der Waals surface area contributed by atoms with Gasteiger partial charge >= 0.3 is 0 Å². The molecule has 1 aliphatic rings. The van der Waals surface area contributed by atoms with Crippen molar-refractivity contribution in [2.24, 2.45) is 5.73 Å². The Bertz CT molecular complexity index is 136. The van der Waals surface area contributed by atoms with Crippen molar-refractivity contribution in [2.45, 2.75) is 58.0 Å². The molecule has 2 atom stereocenters. The van der Waals surface area contributed by atoms with Crippen LogP contribution in [0.25, 0.3) is 0 Å². The third kappa shape index (κ3) is 2.68. The predicted molar refractivity (Wildman–Crippen MR) is 57.8 cm³/mol. The molecular formula is C11H24N2. The van der Waals surface area contributed by atoms with Crippen LogP contribution in [0.5, 0.6) is 0 Å². The van der Waals surface area contributed by atoms with Crippen LogP contribution in [0.3, 0.4) is 0 Å². The van der Waals surface area contributed by atoms with Gasteiger partial charge in [-0.3, -0.25) is 4.90 Å². The van der Waals surface area contributed by atoms with Crippen LogP contribution < -0.4 is 5.73 Å². The lowest BCUT2D eigenvalue weighted by atomic mass is 10.1. The van der Waals surface area contributed by atoms with Gasteiger partial charge in [0.1, 0.15) is 0 Å². The normalized spacial score (nSPS) is 26.5. The molecule has 0 amide bonds. The van der Waals surface area contributed by atoms with Crippen molar-refractivity contribution in [1.82, 2.24) is 4.90 Å². The van der Waals surface area contributed by atoms with Crippen LogP contribution in [0.2, 0.25) is 0 Å². The molecule has 2 nitrogen and oxygen atoms in total. The Morgan fingerprint density at radius 1 is 1.46 bits per heavy atom. The molecule has 1 heterocycles. The van der Waals surface area contributed by atoms with Gasteiger partial charge in [0.15, 0.2) is 0 Å². The van der Waals surface area contributed by atoms with E-state index in [2.05, 4.69) is 18.7 Å². The van der Waals surface area contributed by atoms with Crippen LogP contribution in [0, 0.1) is 0 Å². The van der Waals surface area contributed by atoms with Crippen molar-refractivity contribution >= 4 is 0 Å². The van der Waals surface area contributed by atoms with Crippen molar-refractivity contribution in [1.29, 1.82) is 0 Å². The Hall–Kier alpha value is -0.0800. The van der Waals surface area contributed by atoms with E-state index < -0.39 is 0 Å². The number of hydrogen-bond donors (Lipinski definition) is 1. The summed E-state index contributed by atoms with van der Waals surface area (Å²) in [4.78, 5) is 2.69. The summed E-state index contributed by atoms with van der Waals surface area (Å²) in [6.45, 7) is 6.73. The molecule has 1 fully saturated rings. The first-order valence-corrected chi connectivity index (χ1v) is 5.79. The number of rotatable bonds is 5. The lowest BCUT2D eigenvalue weighted by molar-refractivity contribution is 0.164. The highest BCUT2D eigenvalue weighted by molar-refractivity contribution is 4.83. The number of nitrogens with zero attached hydrogens (tertiary/aromatic N) is 1. The SMILES string of the molecule is CCC(CCN)N1CCCC1CC. The topological polar surface area (TPSA) is 29.3 Å². The number of nitrogens with two attached hydrogens (primary N) is 1. The zero-order chi connectivity index (χ0) is 9.68. The molecule has 0 aromatic carbocycles. The van der Waals surface area contributed by atoms with Crippen LogP contribution in [-0.4, -0.2) is 30.1 Å². The van der Waals surface area contributed by atoms with Crippen LogP contribution >= 0.6 is 0 Å². The molecule has 13 heavy (non-hydrogen) atoms. The highest BCUT2D eigenvalue weighted by atomic mass is 15.2. The molecule has 0 saturated carbocycles. The lowest BCUT2D eigenvalue weighted by Crippen LogP contribution is -2.39. The Morgan fingerprint density at radius 3 is 2.77 bits per heavy atom. The minimum absolute atomic E-state index is 0.748. The largest absolute Gasteiger partial charge is 0.330 e. The van der Waals surface area contributed by atoms with Crippen molar-refractivity contribution in [2.75, 3.05) is 13.1 Å². The first-order chi connectivity index (χ1) is 6.33. The van der Waals surface area contributed by atoms with Gasteiger partial charge in [-0.1, -0.05) is 13.8 Å². The van der Waals surface area contributed by atoms with Crippen molar-refractivity contribution < 1.29 is 0 Å². The summed E-state index contributed by atoms with van der Waals surface area (Å²) >= 11 is 0. The highest BCUT2D eigenvalue weighted by Gasteiger charge is 2.27. The zero-order valence-electron chi connectivity index (χ0n) is 9.13. The Morgan fingerprint density at radius 2 is 2.23 bits per heavy atom. The van der Waals surface area contributed by atoms with E-state index in [1.165, 1.54) is 38.6 Å². The molecular weight excluding hydrogens is 160 g/mol. The maximum atomic E-state index is 5.63. The van der Waals surface area contributed by atoms with Crippen molar-refractivity contribution in [3.8, 4) is 0 Å². The summed E-state index contributed by atoms with van der Waals surface area (Å²) < 4.78 is 0. The zero-order valence-corrected chi connectivity index (χ0v) is 9.13. The summed E-state index contributed by atoms with van der Waals surface area (Å²) in [5.41, 5.74) is 5.63. The van der Waals surface area contributed by atoms with Crippen molar-refractivity contribution in [3.05, 3.63) is 0 Å². The third-order valence-corrected chi connectivity index (χ3v) is 3.33. The van der Waals surface area contributed by atoms with E-state index in [9.17, 15) is 0 Å². The highest BCUT2D eigenvalue weighted by Crippen LogP contribution is 2.24. The van der Waals surface area contributed by atoms with E-state index >= 15 is 0 Å². The van der Waals surface area contributed by atoms with Gasteiger partial charge < -0.3 is 5.73 Å². The second-order valence-electron chi connectivity index (χ2n) is 4.08. The molecule has 1 aliphatic heterocycles. The molecule has 0 radical (unpaired) electrons. The van der Waals surface area contributed by atoms with E-state index in [4.69, 9.17) is 5.73 Å². The number of hydrogen-bond acceptors (Lipinski definition) is 2. The molecule has 2 unspecified atom stereocenters. The summed E-state index contributed by atoms with van der Waals surface area (Å²) in [6.07, 6.45) is 6.53.